The van der Waals surface area contributed by atoms with Crippen LogP contribution >= 0.6 is 0 Å². The van der Waals surface area contributed by atoms with Gasteiger partial charge in [0, 0.05) is 31.1 Å². The number of hydrogen-bond donors (Lipinski definition) is 2. The Morgan fingerprint density at radius 1 is 1.14 bits per heavy atom. The summed E-state index contributed by atoms with van der Waals surface area (Å²) in [6.45, 7) is 4.76. The van der Waals surface area contributed by atoms with Crippen molar-refractivity contribution in [1.82, 2.24) is 24.7 Å². The number of ether oxygens (including phenoxy) is 1. The molecule has 186 valence electrons. The number of fused-ring (bicyclic) bond motifs is 3. The molecule has 1 aliphatic carbocycles. The summed E-state index contributed by atoms with van der Waals surface area (Å²) in [4.78, 5) is 4.69. The molecule has 0 amide bonds. The molecule has 9 nitrogen and oxygen atoms in total. The second-order valence-corrected chi connectivity index (χ2v) is 10.8. The second-order valence-electron chi connectivity index (χ2n) is 10.8. The SMILES string of the molecule is CN1CCC(CNc2nn3c(-c4cccc(O)c4)nnc3c3c2OCC2(CCCC2)CN3C)CC1. The van der Waals surface area contributed by atoms with Gasteiger partial charge >= 0.3 is 0 Å². The van der Waals surface area contributed by atoms with E-state index in [-0.39, 0.29) is 11.2 Å². The first kappa shape index (κ1) is 22.4. The molecule has 2 aromatic heterocycles. The van der Waals surface area contributed by atoms with Crippen LogP contribution in [0.1, 0.15) is 38.5 Å². The highest BCUT2D eigenvalue weighted by Gasteiger charge is 2.40. The second kappa shape index (κ2) is 8.86. The molecule has 0 radical (unpaired) electrons. The van der Waals surface area contributed by atoms with Crippen LogP contribution in [0.15, 0.2) is 24.3 Å². The van der Waals surface area contributed by atoms with Crippen LogP contribution in [0.4, 0.5) is 11.5 Å². The van der Waals surface area contributed by atoms with E-state index < -0.39 is 0 Å². The molecule has 35 heavy (non-hydrogen) atoms. The van der Waals surface area contributed by atoms with Crippen molar-refractivity contribution in [1.29, 1.82) is 0 Å². The highest BCUT2D eigenvalue weighted by Crippen LogP contribution is 2.47. The van der Waals surface area contributed by atoms with Crippen molar-refractivity contribution in [3.63, 3.8) is 0 Å². The average Bonchev–Trinajstić information content (AvgIpc) is 3.45. The molecule has 4 heterocycles. The van der Waals surface area contributed by atoms with E-state index in [1.807, 2.05) is 12.1 Å². The molecule has 1 saturated heterocycles. The summed E-state index contributed by atoms with van der Waals surface area (Å²) in [7, 11) is 4.33. The van der Waals surface area contributed by atoms with Gasteiger partial charge in [-0.1, -0.05) is 25.0 Å². The van der Waals surface area contributed by atoms with Crippen molar-refractivity contribution in [2.45, 2.75) is 38.5 Å². The lowest BCUT2D eigenvalue weighted by atomic mass is 9.87. The number of hydrogen-bond acceptors (Lipinski definition) is 8. The third kappa shape index (κ3) is 4.16. The molecule has 0 bridgehead atoms. The topological polar surface area (TPSA) is 91.0 Å². The van der Waals surface area contributed by atoms with Gasteiger partial charge in [0.2, 0.25) is 5.65 Å². The Bertz CT molecular complexity index is 1210. The molecule has 0 atom stereocenters. The Balaban J connectivity index is 1.42. The van der Waals surface area contributed by atoms with Gasteiger partial charge in [0.1, 0.15) is 11.4 Å². The van der Waals surface area contributed by atoms with Gasteiger partial charge in [0.05, 0.1) is 6.61 Å². The number of phenolic OH excluding ortho intramolecular Hbond substituents is 1. The molecule has 2 N–H and O–H groups in total. The van der Waals surface area contributed by atoms with E-state index >= 15 is 0 Å². The molecule has 1 aromatic carbocycles. The van der Waals surface area contributed by atoms with E-state index in [9.17, 15) is 5.11 Å². The first-order chi connectivity index (χ1) is 17.0. The number of phenols is 1. The lowest BCUT2D eigenvalue weighted by molar-refractivity contribution is 0.165. The predicted molar refractivity (Wildman–Crippen MR) is 136 cm³/mol. The van der Waals surface area contributed by atoms with Crippen LogP contribution in [0.5, 0.6) is 11.5 Å². The van der Waals surface area contributed by atoms with Crippen molar-refractivity contribution in [2.75, 3.05) is 57.1 Å². The van der Waals surface area contributed by atoms with E-state index in [0.29, 0.717) is 24.0 Å². The predicted octanol–water partition coefficient (Wildman–Crippen LogP) is 3.64. The third-order valence-corrected chi connectivity index (χ3v) is 8.12. The van der Waals surface area contributed by atoms with Crippen molar-refractivity contribution in [3.8, 4) is 22.9 Å². The van der Waals surface area contributed by atoms with E-state index in [1.54, 1.807) is 16.6 Å². The highest BCUT2D eigenvalue weighted by atomic mass is 16.5. The number of nitrogens with zero attached hydrogens (tertiary/aromatic N) is 6. The van der Waals surface area contributed by atoms with Crippen molar-refractivity contribution < 1.29 is 9.84 Å². The maximum absolute atomic E-state index is 10.1. The monoisotopic (exact) mass is 477 g/mol. The molecule has 9 heteroatoms. The first-order valence-electron chi connectivity index (χ1n) is 12.9. The van der Waals surface area contributed by atoms with Crippen molar-refractivity contribution in [2.24, 2.45) is 11.3 Å². The third-order valence-electron chi connectivity index (χ3n) is 8.12. The molecular weight excluding hydrogens is 442 g/mol. The number of aromatic hydroxyl groups is 1. The number of aromatic nitrogens is 4. The number of benzene rings is 1. The van der Waals surface area contributed by atoms with Crippen LogP contribution in [-0.4, -0.2) is 76.7 Å². The zero-order valence-electron chi connectivity index (χ0n) is 20.7. The van der Waals surface area contributed by atoms with Crippen LogP contribution in [0.3, 0.4) is 0 Å². The Morgan fingerprint density at radius 2 is 1.94 bits per heavy atom. The first-order valence-corrected chi connectivity index (χ1v) is 12.9. The number of piperidine rings is 1. The maximum atomic E-state index is 10.1. The van der Waals surface area contributed by atoms with Gasteiger partial charge < -0.3 is 25.0 Å². The smallest absolute Gasteiger partial charge is 0.205 e. The van der Waals surface area contributed by atoms with E-state index in [1.165, 1.54) is 38.5 Å². The molecule has 6 rings (SSSR count). The number of rotatable bonds is 4. The number of anilines is 2. The zero-order chi connectivity index (χ0) is 24.0. The Kier molecular flexibility index (Phi) is 5.67. The normalized spacial score (nSPS) is 20.7. The Labute approximate surface area is 206 Å². The fourth-order valence-corrected chi connectivity index (χ4v) is 6.09. The van der Waals surface area contributed by atoms with Gasteiger partial charge in [-0.25, -0.2) is 0 Å². The molecule has 3 aromatic rings. The quantitative estimate of drug-likeness (QED) is 0.589. The fraction of sp³-hybridized carbons (Fsp3) is 0.577. The summed E-state index contributed by atoms with van der Waals surface area (Å²) in [6, 6.07) is 7.09. The lowest BCUT2D eigenvalue weighted by Gasteiger charge is -2.30. The fourth-order valence-electron chi connectivity index (χ4n) is 6.09. The van der Waals surface area contributed by atoms with Crippen molar-refractivity contribution >= 4 is 17.2 Å². The Hall–Kier alpha value is -3.07. The summed E-state index contributed by atoms with van der Waals surface area (Å²) in [6.07, 6.45) is 7.26. The van der Waals surface area contributed by atoms with Gasteiger partial charge in [0.15, 0.2) is 17.4 Å². The van der Waals surface area contributed by atoms with E-state index in [4.69, 9.17) is 9.84 Å². The van der Waals surface area contributed by atoms with Gasteiger partial charge in [-0.3, -0.25) is 0 Å². The summed E-state index contributed by atoms with van der Waals surface area (Å²) < 4.78 is 8.39. The zero-order valence-corrected chi connectivity index (χ0v) is 20.7. The van der Waals surface area contributed by atoms with Crippen molar-refractivity contribution in [3.05, 3.63) is 24.3 Å². The minimum absolute atomic E-state index is 0.171. The van der Waals surface area contributed by atoms with Gasteiger partial charge in [-0.05, 0) is 63.9 Å². The summed E-state index contributed by atoms with van der Waals surface area (Å²) in [5.41, 5.74) is 2.56. The highest BCUT2D eigenvalue weighted by molar-refractivity contribution is 5.82. The summed E-state index contributed by atoms with van der Waals surface area (Å²) in [5.74, 6) is 2.93. The minimum Gasteiger partial charge on any atom is -0.508 e. The molecular formula is C26H35N7O2. The molecule has 2 fully saturated rings. The molecule has 0 unspecified atom stereocenters. The van der Waals surface area contributed by atoms with Crippen LogP contribution in [-0.2, 0) is 0 Å². The van der Waals surface area contributed by atoms with Gasteiger partial charge in [-0.2, -0.15) is 4.52 Å². The van der Waals surface area contributed by atoms with Gasteiger partial charge in [0.25, 0.3) is 0 Å². The summed E-state index contributed by atoms with van der Waals surface area (Å²) >= 11 is 0. The lowest BCUT2D eigenvalue weighted by Crippen LogP contribution is -2.35. The van der Waals surface area contributed by atoms with Crippen LogP contribution < -0.4 is 15.0 Å². The standard InChI is InChI=1S/C26H35N7O2/c1-31-12-8-18(9-13-31)15-27-23-22-21(32(2)16-26(17-35-22)10-3-4-11-26)25-29-28-24(33(25)30-23)19-6-5-7-20(34)14-19/h5-7,14,18,34H,3-4,8-13,15-17H2,1-2H3,(H,27,30). The van der Waals surface area contributed by atoms with Crippen LogP contribution in [0.25, 0.3) is 17.0 Å². The summed E-state index contributed by atoms with van der Waals surface area (Å²) in [5, 5.41) is 27.7. The Morgan fingerprint density at radius 3 is 2.71 bits per heavy atom. The molecule has 1 spiro atoms. The average molecular weight is 478 g/mol. The van der Waals surface area contributed by atoms with Crippen LogP contribution in [0, 0.1) is 11.3 Å². The largest absolute Gasteiger partial charge is 0.508 e. The van der Waals surface area contributed by atoms with Gasteiger partial charge in [-0.15, -0.1) is 15.3 Å². The maximum Gasteiger partial charge on any atom is 0.205 e. The number of likely N-dealkylation sites (tertiary alicyclic amines) is 1. The van der Waals surface area contributed by atoms with E-state index in [0.717, 1.165) is 49.0 Å². The van der Waals surface area contributed by atoms with E-state index in [2.05, 4.69) is 39.4 Å². The molecule has 3 aliphatic rings. The molecule has 1 saturated carbocycles. The van der Waals surface area contributed by atoms with Crippen LogP contribution in [0.2, 0.25) is 0 Å². The number of nitrogens with one attached hydrogen (secondary N) is 1. The molecule has 2 aliphatic heterocycles. The minimum atomic E-state index is 0.171.